The van der Waals surface area contributed by atoms with E-state index in [1.807, 2.05) is 19.1 Å². The average molecular weight is 380 g/mol. The molecule has 6 heteroatoms. The smallest absolute Gasteiger partial charge is 0.344 e. The van der Waals surface area contributed by atoms with Gasteiger partial charge >= 0.3 is 15.7 Å². The van der Waals surface area contributed by atoms with E-state index < -0.39 is 15.7 Å². The fraction of sp³-hybridized carbons (Fsp3) is 0.0952. The van der Waals surface area contributed by atoms with Crippen molar-refractivity contribution in [2.45, 2.75) is 18.7 Å². The molecule has 27 heavy (non-hydrogen) atoms. The van der Waals surface area contributed by atoms with Crippen molar-refractivity contribution in [2.75, 3.05) is 0 Å². The molecule has 0 radical (unpaired) electrons. The Labute approximate surface area is 155 Å². The number of aryl methyl sites for hydroxylation is 2. The van der Waals surface area contributed by atoms with Crippen LogP contribution in [0.15, 0.2) is 74.8 Å². The number of benzene rings is 3. The van der Waals surface area contributed by atoms with Crippen LogP contribution in [-0.4, -0.2) is 8.42 Å². The highest BCUT2D eigenvalue weighted by Gasteiger charge is 2.20. The lowest BCUT2D eigenvalue weighted by Gasteiger charge is -2.12. The summed E-state index contributed by atoms with van der Waals surface area (Å²) in [6.07, 6.45) is 0. The molecule has 4 rings (SSSR count). The summed E-state index contributed by atoms with van der Waals surface area (Å²) in [6.45, 7) is 3.54. The Hall–Kier alpha value is -3.12. The van der Waals surface area contributed by atoms with Gasteiger partial charge in [-0.15, -0.1) is 0 Å². The first kappa shape index (κ1) is 17.3. The lowest BCUT2D eigenvalue weighted by atomic mass is 10.0. The van der Waals surface area contributed by atoms with Crippen molar-refractivity contribution in [3.63, 3.8) is 0 Å². The number of rotatable bonds is 3. The van der Waals surface area contributed by atoms with Crippen molar-refractivity contribution in [2.24, 2.45) is 0 Å². The van der Waals surface area contributed by atoms with Gasteiger partial charge in [-0.3, -0.25) is 0 Å². The van der Waals surface area contributed by atoms with Gasteiger partial charge in [0.15, 0.2) is 0 Å². The Morgan fingerprint density at radius 2 is 1.48 bits per heavy atom. The summed E-state index contributed by atoms with van der Waals surface area (Å²) in [4.78, 5) is 12.3. The first-order valence-electron chi connectivity index (χ1n) is 8.33. The number of fused-ring (bicyclic) bond motifs is 3. The van der Waals surface area contributed by atoms with E-state index in [9.17, 15) is 13.2 Å². The third kappa shape index (κ3) is 2.98. The van der Waals surface area contributed by atoms with Crippen LogP contribution in [0.5, 0.6) is 5.75 Å². The monoisotopic (exact) mass is 380 g/mol. The van der Waals surface area contributed by atoms with Gasteiger partial charge < -0.3 is 8.60 Å². The Kier molecular flexibility index (Phi) is 4.00. The average Bonchev–Trinajstić information content (AvgIpc) is 2.65. The topological polar surface area (TPSA) is 73.6 Å². The number of hydrogen-bond donors (Lipinski definition) is 0. The summed E-state index contributed by atoms with van der Waals surface area (Å²) < 4.78 is 35.9. The van der Waals surface area contributed by atoms with Gasteiger partial charge in [0.1, 0.15) is 16.2 Å². The Morgan fingerprint density at radius 3 is 2.19 bits per heavy atom. The second-order valence-corrected chi connectivity index (χ2v) is 7.90. The van der Waals surface area contributed by atoms with Crippen molar-refractivity contribution < 1.29 is 17.0 Å². The molecule has 0 fully saturated rings. The minimum absolute atomic E-state index is 0.0626. The van der Waals surface area contributed by atoms with Crippen LogP contribution in [-0.2, 0) is 10.1 Å². The van der Waals surface area contributed by atoms with Crippen LogP contribution in [0.2, 0.25) is 0 Å². The molecular formula is C21H16O5S. The molecule has 0 aliphatic carbocycles. The Morgan fingerprint density at radius 1 is 0.815 bits per heavy atom. The van der Waals surface area contributed by atoms with Gasteiger partial charge in [0.25, 0.3) is 0 Å². The third-order valence-electron chi connectivity index (χ3n) is 4.50. The van der Waals surface area contributed by atoms with E-state index >= 15 is 0 Å². The molecule has 1 aromatic heterocycles. The van der Waals surface area contributed by atoms with Gasteiger partial charge in [0, 0.05) is 10.9 Å². The zero-order valence-electron chi connectivity index (χ0n) is 14.7. The van der Waals surface area contributed by atoms with E-state index in [1.54, 1.807) is 43.3 Å². The van der Waals surface area contributed by atoms with Gasteiger partial charge in [-0.25, -0.2) is 4.79 Å². The highest BCUT2D eigenvalue weighted by Crippen LogP contribution is 2.32. The summed E-state index contributed by atoms with van der Waals surface area (Å²) in [5.41, 5.74) is 1.24. The van der Waals surface area contributed by atoms with Crippen LogP contribution in [0.1, 0.15) is 11.1 Å². The molecular weight excluding hydrogens is 364 g/mol. The molecule has 0 saturated heterocycles. The van der Waals surface area contributed by atoms with Crippen LogP contribution in [0.4, 0.5) is 0 Å². The highest BCUT2D eigenvalue weighted by molar-refractivity contribution is 7.87. The second-order valence-electron chi connectivity index (χ2n) is 6.35. The van der Waals surface area contributed by atoms with Gasteiger partial charge in [0.2, 0.25) is 0 Å². The van der Waals surface area contributed by atoms with E-state index in [2.05, 4.69) is 0 Å². The van der Waals surface area contributed by atoms with Crippen LogP contribution in [0.3, 0.4) is 0 Å². The van der Waals surface area contributed by atoms with Crippen molar-refractivity contribution in [3.8, 4) is 5.75 Å². The molecule has 1 heterocycles. The van der Waals surface area contributed by atoms with Crippen molar-refractivity contribution in [1.82, 2.24) is 0 Å². The lowest BCUT2D eigenvalue weighted by Crippen LogP contribution is -2.11. The molecule has 0 aliphatic rings. The molecule has 0 N–H and O–H groups in total. The Balaban J connectivity index is 1.86. The molecule has 136 valence electrons. The maximum absolute atomic E-state index is 12.6. The van der Waals surface area contributed by atoms with Crippen molar-refractivity contribution >= 4 is 31.9 Å². The van der Waals surface area contributed by atoms with Gasteiger partial charge in [0.05, 0.1) is 5.39 Å². The molecule has 5 nitrogen and oxygen atoms in total. The molecule has 0 spiro atoms. The summed E-state index contributed by atoms with van der Waals surface area (Å²) in [5.74, 6) is 0.126. The zero-order chi connectivity index (χ0) is 19.2. The minimum atomic E-state index is -3.99. The quantitative estimate of drug-likeness (QED) is 0.300. The minimum Gasteiger partial charge on any atom is -0.422 e. The van der Waals surface area contributed by atoms with Gasteiger partial charge in [-0.1, -0.05) is 35.9 Å². The Bertz CT molecular complexity index is 1330. The normalized spacial score (nSPS) is 11.8. The van der Waals surface area contributed by atoms with E-state index in [0.717, 1.165) is 16.3 Å². The van der Waals surface area contributed by atoms with E-state index in [-0.39, 0.29) is 10.6 Å². The van der Waals surface area contributed by atoms with Crippen LogP contribution < -0.4 is 9.81 Å². The lowest BCUT2D eigenvalue weighted by molar-refractivity contribution is 0.483. The zero-order valence-corrected chi connectivity index (χ0v) is 15.5. The first-order chi connectivity index (χ1) is 12.9. The molecule has 0 aliphatic heterocycles. The molecule has 4 aromatic rings. The van der Waals surface area contributed by atoms with E-state index in [4.69, 9.17) is 8.60 Å². The predicted molar refractivity (Wildman–Crippen MR) is 104 cm³/mol. The fourth-order valence-electron chi connectivity index (χ4n) is 3.02. The number of hydrogen-bond acceptors (Lipinski definition) is 5. The summed E-state index contributed by atoms with van der Waals surface area (Å²) in [5, 5.41) is 1.95. The van der Waals surface area contributed by atoms with E-state index in [0.29, 0.717) is 16.5 Å². The molecule has 0 saturated carbocycles. The maximum atomic E-state index is 12.6. The first-order valence-corrected chi connectivity index (χ1v) is 9.74. The summed E-state index contributed by atoms with van der Waals surface area (Å²) in [7, 11) is -3.99. The van der Waals surface area contributed by atoms with Crippen LogP contribution >= 0.6 is 0 Å². The highest BCUT2D eigenvalue weighted by atomic mass is 32.2. The molecule has 0 bridgehead atoms. The fourth-order valence-corrected chi connectivity index (χ4v) is 4.00. The molecule has 0 unspecified atom stereocenters. The van der Waals surface area contributed by atoms with Crippen LogP contribution in [0, 0.1) is 13.8 Å². The van der Waals surface area contributed by atoms with Crippen molar-refractivity contribution in [1.29, 1.82) is 0 Å². The third-order valence-corrected chi connectivity index (χ3v) is 5.75. The summed E-state index contributed by atoms with van der Waals surface area (Å²) in [6, 6.07) is 16.8. The molecule has 3 aromatic carbocycles. The standard InChI is InChI=1S/C21H16O5S/c1-13-7-9-15(10-8-13)27(23,24)26-19-12-11-17-16-5-3-4-6-18(16)21(22)25-20(17)14(19)2/h3-12H,1-2H3. The second kappa shape index (κ2) is 6.25. The molecule has 0 atom stereocenters. The predicted octanol–water partition coefficient (Wildman–Crippen LogP) is 4.33. The van der Waals surface area contributed by atoms with Gasteiger partial charge in [-0.2, -0.15) is 8.42 Å². The SMILES string of the molecule is Cc1ccc(S(=O)(=O)Oc2ccc3c(oc(=O)c4ccccc43)c2C)cc1. The molecule has 0 amide bonds. The summed E-state index contributed by atoms with van der Waals surface area (Å²) >= 11 is 0. The van der Waals surface area contributed by atoms with E-state index in [1.165, 1.54) is 12.1 Å². The van der Waals surface area contributed by atoms with Crippen molar-refractivity contribution in [3.05, 3.63) is 82.2 Å². The maximum Gasteiger partial charge on any atom is 0.344 e. The van der Waals surface area contributed by atoms with Crippen LogP contribution in [0.25, 0.3) is 21.7 Å². The van der Waals surface area contributed by atoms with Gasteiger partial charge in [-0.05, 0) is 49.6 Å². The largest absolute Gasteiger partial charge is 0.422 e.